The molecule has 28 heavy (non-hydrogen) atoms. The molecule has 0 bridgehead atoms. The van der Waals surface area contributed by atoms with Crippen molar-refractivity contribution < 1.29 is 27.4 Å². The minimum absolute atomic E-state index is 0.121. The fraction of sp³-hybridized carbons (Fsp3) is 0.444. The first-order valence-corrected chi connectivity index (χ1v) is 10.2. The molecule has 0 atom stereocenters. The lowest BCUT2D eigenvalue weighted by Gasteiger charge is -2.31. The summed E-state index contributed by atoms with van der Waals surface area (Å²) in [6.07, 6.45) is 2.51. The average Bonchev–Trinajstić information content (AvgIpc) is 2.73. The minimum atomic E-state index is -3.69. The second-order valence-corrected chi connectivity index (χ2v) is 8.03. The molecule has 10 heteroatoms. The Labute approximate surface area is 164 Å². The summed E-state index contributed by atoms with van der Waals surface area (Å²) in [6, 6.07) is 6.54. The molecule has 152 valence electrons. The molecule has 1 fully saturated rings. The first-order chi connectivity index (χ1) is 13.5. The zero-order valence-corrected chi connectivity index (χ0v) is 16.8. The lowest BCUT2D eigenvalue weighted by atomic mass is 10.1. The van der Waals surface area contributed by atoms with Crippen LogP contribution in [0.2, 0.25) is 0 Å². The second-order valence-electron chi connectivity index (χ2n) is 6.12. The van der Waals surface area contributed by atoms with Gasteiger partial charge < -0.3 is 18.9 Å². The Balaban J connectivity index is 1.68. The van der Waals surface area contributed by atoms with Crippen LogP contribution >= 0.6 is 0 Å². The van der Waals surface area contributed by atoms with Crippen LogP contribution in [-0.2, 0) is 10.0 Å². The van der Waals surface area contributed by atoms with Crippen molar-refractivity contribution in [2.75, 3.05) is 34.4 Å². The van der Waals surface area contributed by atoms with Gasteiger partial charge in [-0.1, -0.05) is 0 Å². The monoisotopic (exact) mass is 409 g/mol. The quantitative estimate of drug-likeness (QED) is 0.682. The average molecular weight is 409 g/mol. The van der Waals surface area contributed by atoms with Gasteiger partial charge in [0.15, 0.2) is 0 Å². The third-order valence-corrected chi connectivity index (χ3v) is 6.41. The van der Waals surface area contributed by atoms with E-state index in [1.54, 1.807) is 24.4 Å². The number of hydrogen-bond acceptors (Lipinski definition) is 8. The molecule has 3 rings (SSSR count). The lowest BCUT2D eigenvalue weighted by Crippen LogP contribution is -2.41. The first-order valence-electron chi connectivity index (χ1n) is 8.73. The van der Waals surface area contributed by atoms with Crippen molar-refractivity contribution in [3.05, 3.63) is 30.5 Å². The highest BCUT2D eigenvalue weighted by Crippen LogP contribution is 2.32. The van der Waals surface area contributed by atoms with Crippen molar-refractivity contribution >= 4 is 10.0 Å². The SMILES string of the molecule is COc1ccc(S(=O)(=O)N2CCC(Oc3ccnc(OC)n3)CC2)c(OC)c1. The summed E-state index contributed by atoms with van der Waals surface area (Å²) in [5.41, 5.74) is 0. The Bertz CT molecular complexity index is 913. The normalized spacial score (nSPS) is 15.8. The molecule has 2 aromatic rings. The van der Waals surface area contributed by atoms with Crippen LogP contribution in [0.15, 0.2) is 35.4 Å². The van der Waals surface area contributed by atoms with E-state index in [1.807, 2.05) is 0 Å². The van der Waals surface area contributed by atoms with Crippen molar-refractivity contribution in [1.82, 2.24) is 14.3 Å². The fourth-order valence-electron chi connectivity index (χ4n) is 2.98. The van der Waals surface area contributed by atoms with Gasteiger partial charge in [0.1, 0.15) is 22.5 Å². The molecule has 0 aliphatic carbocycles. The molecular formula is C18H23N3O6S. The number of hydrogen-bond donors (Lipinski definition) is 0. The molecule has 9 nitrogen and oxygen atoms in total. The maximum atomic E-state index is 13.0. The molecule has 1 aliphatic heterocycles. The van der Waals surface area contributed by atoms with Crippen molar-refractivity contribution in [2.45, 2.75) is 23.8 Å². The number of nitrogens with zero attached hydrogens (tertiary/aromatic N) is 3. The summed E-state index contributed by atoms with van der Waals surface area (Å²) in [5.74, 6) is 1.19. The van der Waals surface area contributed by atoms with Gasteiger partial charge >= 0.3 is 6.01 Å². The van der Waals surface area contributed by atoms with Crippen LogP contribution in [0.25, 0.3) is 0 Å². The van der Waals surface area contributed by atoms with Gasteiger partial charge in [-0.15, -0.1) is 0 Å². The van der Waals surface area contributed by atoms with Gasteiger partial charge in [-0.2, -0.15) is 9.29 Å². The molecule has 0 unspecified atom stereocenters. The van der Waals surface area contributed by atoms with E-state index in [0.717, 1.165) is 0 Å². The Morgan fingerprint density at radius 3 is 2.43 bits per heavy atom. The molecule has 2 heterocycles. The highest BCUT2D eigenvalue weighted by Gasteiger charge is 2.32. The summed E-state index contributed by atoms with van der Waals surface area (Å²) in [6.45, 7) is 0.675. The van der Waals surface area contributed by atoms with Gasteiger partial charge in [-0.25, -0.2) is 13.4 Å². The van der Waals surface area contributed by atoms with Crippen molar-refractivity contribution in [3.8, 4) is 23.4 Å². The molecule has 0 amide bonds. The summed E-state index contributed by atoms with van der Waals surface area (Å²) < 4.78 is 48.7. The predicted molar refractivity (Wildman–Crippen MR) is 101 cm³/mol. The van der Waals surface area contributed by atoms with E-state index < -0.39 is 10.0 Å². The Hall–Kier alpha value is -2.59. The molecule has 0 saturated carbocycles. The number of piperidine rings is 1. The third kappa shape index (κ3) is 4.28. The smallest absolute Gasteiger partial charge is 0.319 e. The van der Waals surface area contributed by atoms with Gasteiger partial charge in [0.25, 0.3) is 0 Å². The first kappa shape index (κ1) is 20.2. The van der Waals surface area contributed by atoms with Crippen LogP contribution < -0.4 is 18.9 Å². The number of ether oxygens (including phenoxy) is 4. The molecule has 1 aromatic carbocycles. The number of rotatable bonds is 7. The number of benzene rings is 1. The van der Waals surface area contributed by atoms with Crippen LogP contribution in [-0.4, -0.2) is 63.2 Å². The van der Waals surface area contributed by atoms with Crippen LogP contribution in [0, 0.1) is 0 Å². The van der Waals surface area contributed by atoms with Crippen LogP contribution in [0.3, 0.4) is 0 Å². The van der Waals surface area contributed by atoms with Crippen molar-refractivity contribution in [1.29, 1.82) is 0 Å². The van der Waals surface area contributed by atoms with Gasteiger partial charge in [0.2, 0.25) is 15.9 Å². The zero-order valence-electron chi connectivity index (χ0n) is 16.0. The molecule has 0 spiro atoms. The number of methoxy groups -OCH3 is 3. The van der Waals surface area contributed by atoms with Gasteiger partial charge in [-0.3, -0.25) is 0 Å². The van der Waals surface area contributed by atoms with E-state index >= 15 is 0 Å². The zero-order chi connectivity index (χ0) is 20.1. The highest BCUT2D eigenvalue weighted by molar-refractivity contribution is 7.89. The minimum Gasteiger partial charge on any atom is -0.497 e. The molecule has 0 N–H and O–H groups in total. The van der Waals surface area contributed by atoms with Gasteiger partial charge in [0.05, 0.1) is 21.3 Å². The van der Waals surface area contributed by atoms with Crippen molar-refractivity contribution in [2.24, 2.45) is 0 Å². The highest BCUT2D eigenvalue weighted by atomic mass is 32.2. The van der Waals surface area contributed by atoms with Crippen LogP contribution in [0.4, 0.5) is 0 Å². The number of aromatic nitrogens is 2. The Morgan fingerprint density at radius 2 is 1.79 bits per heavy atom. The number of sulfonamides is 1. The van der Waals surface area contributed by atoms with E-state index in [-0.39, 0.29) is 22.8 Å². The van der Waals surface area contributed by atoms with E-state index in [1.165, 1.54) is 31.7 Å². The molecule has 0 radical (unpaired) electrons. The Morgan fingerprint density at radius 1 is 1.04 bits per heavy atom. The molecule has 1 saturated heterocycles. The lowest BCUT2D eigenvalue weighted by molar-refractivity contribution is 0.128. The standard InChI is InChI=1S/C18H23N3O6S/c1-24-14-4-5-16(15(12-14)25-2)28(22,23)21-10-7-13(8-11-21)27-17-6-9-19-18(20-17)26-3/h4-6,9,12-13H,7-8,10-11H2,1-3H3. The molecular weight excluding hydrogens is 386 g/mol. The summed E-state index contributed by atoms with van der Waals surface area (Å²) >= 11 is 0. The van der Waals surface area contributed by atoms with Crippen LogP contribution in [0.5, 0.6) is 23.4 Å². The van der Waals surface area contributed by atoms with E-state index in [4.69, 9.17) is 18.9 Å². The fourth-order valence-corrected chi connectivity index (χ4v) is 4.58. The maximum absolute atomic E-state index is 13.0. The topological polar surface area (TPSA) is 100 Å². The summed E-state index contributed by atoms with van der Waals surface area (Å²) in [7, 11) is 0.746. The maximum Gasteiger partial charge on any atom is 0.319 e. The Kier molecular flexibility index (Phi) is 6.20. The molecule has 1 aromatic heterocycles. The summed E-state index contributed by atoms with van der Waals surface area (Å²) in [4.78, 5) is 8.18. The predicted octanol–water partition coefficient (Wildman–Crippen LogP) is 1.73. The second kappa shape index (κ2) is 8.61. The molecule has 1 aliphatic rings. The van der Waals surface area contributed by atoms with E-state index in [9.17, 15) is 8.42 Å². The van der Waals surface area contributed by atoms with Crippen molar-refractivity contribution in [3.63, 3.8) is 0 Å². The van der Waals surface area contributed by atoms with Gasteiger partial charge in [0, 0.05) is 31.4 Å². The largest absolute Gasteiger partial charge is 0.497 e. The van der Waals surface area contributed by atoms with Crippen LogP contribution in [0.1, 0.15) is 12.8 Å². The summed E-state index contributed by atoms with van der Waals surface area (Å²) in [5, 5.41) is 0. The van der Waals surface area contributed by atoms with E-state index in [2.05, 4.69) is 9.97 Å². The van der Waals surface area contributed by atoms with Gasteiger partial charge in [-0.05, 0) is 25.0 Å². The third-order valence-electron chi connectivity index (χ3n) is 4.47. The van der Waals surface area contributed by atoms with E-state index in [0.29, 0.717) is 37.6 Å².